The summed E-state index contributed by atoms with van der Waals surface area (Å²) in [7, 11) is -3.38. The molecule has 18 heavy (non-hydrogen) atoms. The Morgan fingerprint density at radius 3 is 2.67 bits per heavy atom. The van der Waals surface area contributed by atoms with Crippen LogP contribution in [0.2, 0.25) is 0 Å². The fraction of sp³-hybridized carbons (Fsp3) is 0.455. The van der Waals surface area contributed by atoms with Crippen LogP contribution >= 0.6 is 11.8 Å². The molecule has 1 aliphatic heterocycles. The first-order valence-electron chi connectivity index (χ1n) is 5.60. The van der Waals surface area contributed by atoms with Crippen LogP contribution in [0.3, 0.4) is 0 Å². The molecule has 1 fully saturated rings. The Bertz CT molecular complexity index is 543. The van der Waals surface area contributed by atoms with Crippen molar-refractivity contribution in [3.63, 3.8) is 0 Å². The Morgan fingerprint density at radius 1 is 1.39 bits per heavy atom. The lowest BCUT2D eigenvalue weighted by Crippen LogP contribution is -2.27. The summed E-state index contributed by atoms with van der Waals surface area (Å²) in [5.41, 5.74) is 0. The molecule has 2 heterocycles. The zero-order valence-electron chi connectivity index (χ0n) is 9.74. The number of hydrogen-bond donors (Lipinski definition) is 0. The van der Waals surface area contributed by atoms with Crippen LogP contribution in [0.25, 0.3) is 0 Å². The summed E-state index contributed by atoms with van der Waals surface area (Å²) in [6.45, 7) is 1.18. The van der Waals surface area contributed by atoms with E-state index < -0.39 is 10.0 Å². The lowest BCUT2D eigenvalue weighted by atomic mass is 10.4. The SMILES string of the molecule is N#CCSc1ccc(S(=O)(=O)N2CCCC2)cn1. The first-order chi connectivity index (χ1) is 8.64. The minimum Gasteiger partial charge on any atom is -0.249 e. The molecule has 0 bridgehead atoms. The van der Waals surface area contributed by atoms with Gasteiger partial charge in [0.1, 0.15) is 4.90 Å². The van der Waals surface area contributed by atoms with Gasteiger partial charge in [-0.25, -0.2) is 13.4 Å². The van der Waals surface area contributed by atoms with Crippen LogP contribution in [0.5, 0.6) is 0 Å². The third-order valence-corrected chi connectivity index (χ3v) is 5.39. The zero-order valence-corrected chi connectivity index (χ0v) is 11.4. The third kappa shape index (κ3) is 2.83. The van der Waals surface area contributed by atoms with Crippen LogP contribution in [0.15, 0.2) is 28.3 Å². The van der Waals surface area contributed by atoms with Crippen molar-refractivity contribution >= 4 is 21.8 Å². The molecule has 7 heteroatoms. The van der Waals surface area contributed by atoms with Gasteiger partial charge >= 0.3 is 0 Å². The van der Waals surface area contributed by atoms with E-state index in [1.54, 1.807) is 12.1 Å². The van der Waals surface area contributed by atoms with Crippen molar-refractivity contribution in [2.45, 2.75) is 22.8 Å². The number of hydrogen-bond acceptors (Lipinski definition) is 5. The maximum Gasteiger partial charge on any atom is 0.244 e. The molecule has 0 saturated carbocycles. The summed E-state index contributed by atoms with van der Waals surface area (Å²) in [4.78, 5) is 4.29. The molecule has 1 saturated heterocycles. The van der Waals surface area contributed by atoms with Gasteiger partial charge < -0.3 is 0 Å². The Labute approximate surface area is 111 Å². The average Bonchev–Trinajstić information content (AvgIpc) is 2.91. The second-order valence-corrected chi connectivity index (χ2v) is 6.82. The standard InChI is InChI=1S/C11H13N3O2S2/c12-5-8-17-11-4-3-10(9-13-11)18(15,16)14-6-1-2-7-14/h3-4,9H,1-2,6-8H2. The van der Waals surface area contributed by atoms with Gasteiger partial charge in [-0.05, 0) is 25.0 Å². The van der Waals surface area contributed by atoms with E-state index in [0.29, 0.717) is 23.9 Å². The van der Waals surface area contributed by atoms with Crippen LogP contribution in [-0.4, -0.2) is 36.5 Å². The molecule has 1 aromatic heterocycles. The molecule has 2 rings (SSSR count). The van der Waals surface area contributed by atoms with Crippen LogP contribution in [0.1, 0.15) is 12.8 Å². The van der Waals surface area contributed by atoms with Crippen molar-refractivity contribution in [2.75, 3.05) is 18.8 Å². The highest BCUT2D eigenvalue weighted by Crippen LogP contribution is 2.22. The molecule has 0 unspecified atom stereocenters. The molecule has 1 aliphatic rings. The monoisotopic (exact) mass is 283 g/mol. The molecule has 0 N–H and O–H groups in total. The summed E-state index contributed by atoms with van der Waals surface area (Å²) < 4.78 is 25.9. The third-order valence-electron chi connectivity index (χ3n) is 2.70. The summed E-state index contributed by atoms with van der Waals surface area (Å²) >= 11 is 1.29. The van der Waals surface area contributed by atoms with Crippen molar-refractivity contribution in [3.05, 3.63) is 18.3 Å². The molecule has 0 spiro atoms. The van der Waals surface area contributed by atoms with Gasteiger partial charge in [-0.1, -0.05) is 11.8 Å². The Hall–Kier alpha value is -1.10. The smallest absolute Gasteiger partial charge is 0.244 e. The minimum atomic E-state index is -3.38. The number of nitrogens with zero attached hydrogens (tertiary/aromatic N) is 3. The number of rotatable bonds is 4. The summed E-state index contributed by atoms with van der Waals surface area (Å²) in [6.07, 6.45) is 3.21. The molecule has 96 valence electrons. The molecular weight excluding hydrogens is 270 g/mol. The van der Waals surface area contributed by atoms with Crippen LogP contribution in [-0.2, 0) is 10.0 Å². The van der Waals surface area contributed by atoms with E-state index in [-0.39, 0.29) is 4.90 Å². The minimum absolute atomic E-state index is 0.228. The lowest BCUT2D eigenvalue weighted by Gasteiger charge is -2.15. The quantitative estimate of drug-likeness (QED) is 0.782. The van der Waals surface area contributed by atoms with Gasteiger partial charge in [0, 0.05) is 19.3 Å². The van der Waals surface area contributed by atoms with Gasteiger partial charge in [-0.3, -0.25) is 0 Å². The van der Waals surface area contributed by atoms with E-state index in [0.717, 1.165) is 12.8 Å². The van der Waals surface area contributed by atoms with Crippen LogP contribution < -0.4 is 0 Å². The number of nitriles is 1. The molecule has 0 aromatic carbocycles. The van der Waals surface area contributed by atoms with Gasteiger partial charge in [-0.15, -0.1) is 0 Å². The second kappa shape index (κ2) is 5.69. The van der Waals surface area contributed by atoms with Gasteiger partial charge in [0.15, 0.2) is 0 Å². The molecular formula is C11H13N3O2S2. The molecule has 0 atom stereocenters. The maximum atomic E-state index is 12.2. The number of sulfonamides is 1. The highest BCUT2D eigenvalue weighted by atomic mass is 32.2. The molecule has 5 nitrogen and oxygen atoms in total. The van der Waals surface area contributed by atoms with E-state index >= 15 is 0 Å². The van der Waals surface area contributed by atoms with E-state index in [1.807, 2.05) is 6.07 Å². The Kier molecular flexibility index (Phi) is 4.22. The predicted molar refractivity (Wildman–Crippen MR) is 68.6 cm³/mol. The first-order valence-corrected chi connectivity index (χ1v) is 8.03. The first kappa shape index (κ1) is 13.3. The fourth-order valence-electron chi connectivity index (χ4n) is 1.79. The largest absolute Gasteiger partial charge is 0.249 e. The molecule has 0 radical (unpaired) electrons. The average molecular weight is 283 g/mol. The normalized spacial score (nSPS) is 16.6. The number of aromatic nitrogens is 1. The van der Waals surface area contributed by atoms with Crippen molar-refractivity contribution in [3.8, 4) is 6.07 Å². The van der Waals surface area contributed by atoms with Gasteiger partial charge in [0.2, 0.25) is 10.0 Å². The van der Waals surface area contributed by atoms with Crippen LogP contribution in [0.4, 0.5) is 0 Å². The van der Waals surface area contributed by atoms with E-state index in [9.17, 15) is 8.42 Å². The highest BCUT2D eigenvalue weighted by Gasteiger charge is 2.27. The van der Waals surface area contributed by atoms with Crippen LogP contribution in [0, 0.1) is 11.3 Å². The van der Waals surface area contributed by atoms with Crippen molar-refractivity contribution in [2.24, 2.45) is 0 Å². The van der Waals surface area contributed by atoms with Gasteiger partial charge in [0.05, 0.1) is 16.8 Å². The van der Waals surface area contributed by atoms with Gasteiger partial charge in [0.25, 0.3) is 0 Å². The highest BCUT2D eigenvalue weighted by molar-refractivity contribution is 7.99. The zero-order chi connectivity index (χ0) is 13.0. The number of pyridine rings is 1. The van der Waals surface area contributed by atoms with Crippen molar-refractivity contribution < 1.29 is 8.42 Å². The predicted octanol–water partition coefficient (Wildman–Crippen LogP) is 1.48. The molecule has 0 amide bonds. The van der Waals surface area contributed by atoms with Crippen molar-refractivity contribution in [1.29, 1.82) is 5.26 Å². The van der Waals surface area contributed by atoms with E-state index in [2.05, 4.69) is 4.98 Å². The van der Waals surface area contributed by atoms with Gasteiger partial charge in [-0.2, -0.15) is 9.57 Å². The van der Waals surface area contributed by atoms with E-state index in [4.69, 9.17) is 5.26 Å². The summed E-state index contributed by atoms with van der Waals surface area (Å²) in [5.74, 6) is 0.311. The topological polar surface area (TPSA) is 74.1 Å². The van der Waals surface area contributed by atoms with Crippen molar-refractivity contribution in [1.82, 2.24) is 9.29 Å². The number of thioether (sulfide) groups is 1. The maximum absolute atomic E-state index is 12.2. The second-order valence-electron chi connectivity index (χ2n) is 3.89. The Morgan fingerprint density at radius 2 is 2.11 bits per heavy atom. The summed E-state index contributed by atoms with van der Waals surface area (Å²) in [5, 5.41) is 9.12. The molecule has 0 aliphatic carbocycles. The summed E-state index contributed by atoms with van der Waals surface area (Å²) in [6, 6.07) is 5.20. The molecule has 1 aromatic rings. The fourth-order valence-corrected chi connectivity index (χ4v) is 3.76. The Balaban J connectivity index is 2.16. The van der Waals surface area contributed by atoms with E-state index in [1.165, 1.54) is 22.3 Å². The lowest BCUT2D eigenvalue weighted by molar-refractivity contribution is 0.477.